The van der Waals surface area contributed by atoms with Crippen LogP contribution in [0.5, 0.6) is 17.2 Å². The van der Waals surface area contributed by atoms with Gasteiger partial charge in [0.1, 0.15) is 17.2 Å². The van der Waals surface area contributed by atoms with Gasteiger partial charge in [0.05, 0.1) is 19.9 Å². The SMILES string of the molecule is C=CCN1C(=O)C(C)Oc2ccc(NC(=O)c3cc(OC)cc(OC)c3)cc21. The molecule has 1 N–H and O–H groups in total. The zero-order valence-electron chi connectivity index (χ0n) is 16.0. The summed E-state index contributed by atoms with van der Waals surface area (Å²) >= 11 is 0. The van der Waals surface area contributed by atoms with Gasteiger partial charge in [0.25, 0.3) is 11.8 Å². The van der Waals surface area contributed by atoms with Crippen LogP contribution in [0.15, 0.2) is 49.1 Å². The zero-order valence-corrected chi connectivity index (χ0v) is 16.0. The van der Waals surface area contributed by atoms with E-state index >= 15 is 0 Å². The normalized spacial score (nSPS) is 15.3. The lowest BCUT2D eigenvalue weighted by molar-refractivity contribution is -0.125. The average Bonchev–Trinajstić information content (AvgIpc) is 2.71. The molecule has 2 aromatic carbocycles. The Hall–Kier alpha value is -3.48. The van der Waals surface area contributed by atoms with Crippen LogP contribution in [-0.4, -0.2) is 38.7 Å². The summed E-state index contributed by atoms with van der Waals surface area (Å²) in [5.41, 5.74) is 1.51. The highest BCUT2D eigenvalue weighted by molar-refractivity contribution is 6.06. The fourth-order valence-electron chi connectivity index (χ4n) is 2.94. The van der Waals surface area contributed by atoms with Gasteiger partial charge in [0, 0.05) is 23.9 Å². The Balaban J connectivity index is 1.89. The third-order valence-electron chi connectivity index (χ3n) is 4.35. The Kier molecular flexibility index (Phi) is 5.54. The number of anilines is 2. The third-order valence-corrected chi connectivity index (χ3v) is 4.35. The topological polar surface area (TPSA) is 77.1 Å². The van der Waals surface area contributed by atoms with Crippen molar-refractivity contribution in [3.63, 3.8) is 0 Å². The fourth-order valence-corrected chi connectivity index (χ4v) is 2.94. The number of rotatable bonds is 6. The van der Waals surface area contributed by atoms with Crippen molar-refractivity contribution in [2.45, 2.75) is 13.0 Å². The highest BCUT2D eigenvalue weighted by atomic mass is 16.5. The molecule has 0 saturated carbocycles. The van der Waals surface area contributed by atoms with Gasteiger partial charge < -0.3 is 24.4 Å². The predicted molar refractivity (Wildman–Crippen MR) is 107 cm³/mol. The van der Waals surface area contributed by atoms with Gasteiger partial charge in [0.2, 0.25) is 0 Å². The van der Waals surface area contributed by atoms with Crippen LogP contribution in [-0.2, 0) is 4.79 Å². The standard InChI is InChI=1S/C21H22N2O5/c1-5-8-23-18-11-15(6-7-19(18)28-13(2)21(23)25)22-20(24)14-9-16(26-3)12-17(10-14)27-4/h5-7,9-13H,1,8H2,2-4H3,(H,22,24). The maximum atomic E-state index is 12.7. The zero-order chi connectivity index (χ0) is 20.3. The maximum Gasteiger partial charge on any atom is 0.268 e. The molecule has 0 bridgehead atoms. The highest BCUT2D eigenvalue weighted by Crippen LogP contribution is 2.36. The molecule has 0 aliphatic carbocycles. The van der Waals surface area contributed by atoms with E-state index in [-0.39, 0.29) is 11.8 Å². The Bertz CT molecular complexity index is 903. The Morgan fingerprint density at radius 1 is 1.21 bits per heavy atom. The van der Waals surface area contributed by atoms with Crippen LogP contribution in [0.25, 0.3) is 0 Å². The maximum absolute atomic E-state index is 12.7. The number of carbonyl (C=O) groups is 2. The van der Waals surface area contributed by atoms with Crippen LogP contribution >= 0.6 is 0 Å². The van der Waals surface area contributed by atoms with Crippen molar-refractivity contribution in [1.82, 2.24) is 0 Å². The van der Waals surface area contributed by atoms with Gasteiger partial charge in [0.15, 0.2) is 6.10 Å². The minimum atomic E-state index is -0.572. The fraction of sp³-hybridized carbons (Fsp3) is 0.238. The van der Waals surface area contributed by atoms with Crippen molar-refractivity contribution in [3.8, 4) is 17.2 Å². The quantitative estimate of drug-likeness (QED) is 0.776. The summed E-state index contributed by atoms with van der Waals surface area (Å²) in [5, 5.41) is 2.83. The molecule has 1 heterocycles. The molecular weight excluding hydrogens is 360 g/mol. The lowest BCUT2D eigenvalue weighted by Gasteiger charge is -2.32. The summed E-state index contributed by atoms with van der Waals surface area (Å²) in [5.74, 6) is 1.12. The molecule has 0 fully saturated rings. The lowest BCUT2D eigenvalue weighted by atomic mass is 10.1. The summed E-state index contributed by atoms with van der Waals surface area (Å²) in [7, 11) is 3.04. The third kappa shape index (κ3) is 3.78. The largest absolute Gasteiger partial charge is 0.497 e. The van der Waals surface area contributed by atoms with Crippen molar-refractivity contribution in [2.24, 2.45) is 0 Å². The molecule has 0 spiro atoms. The van der Waals surface area contributed by atoms with E-state index in [9.17, 15) is 9.59 Å². The van der Waals surface area contributed by atoms with Gasteiger partial charge in [-0.25, -0.2) is 0 Å². The number of benzene rings is 2. The first-order chi connectivity index (χ1) is 13.5. The van der Waals surface area contributed by atoms with E-state index in [1.165, 1.54) is 14.2 Å². The molecule has 3 rings (SSSR count). The highest BCUT2D eigenvalue weighted by Gasteiger charge is 2.31. The second kappa shape index (κ2) is 8.04. The minimum absolute atomic E-state index is 0.159. The molecule has 1 unspecified atom stereocenters. The number of carbonyl (C=O) groups excluding carboxylic acids is 2. The van der Waals surface area contributed by atoms with Crippen molar-refractivity contribution in [1.29, 1.82) is 0 Å². The van der Waals surface area contributed by atoms with Crippen LogP contribution in [0.4, 0.5) is 11.4 Å². The second-order valence-electron chi connectivity index (χ2n) is 6.24. The van der Waals surface area contributed by atoms with Crippen molar-refractivity contribution in [3.05, 3.63) is 54.6 Å². The molecule has 1 aliphatic rings. The van der Waals surface area contributed by atoms with E-state index in [1.54, 1.807) is 54.3 Å². The van der Waals surface area contributed by atoms with E-state index in [4.69, 9.17) is 14.2 Å². The van der Waals surface area contributed by atoms with Crippen LogP contribution in [0, 0.1) is 0 Å². The monoisotopic (exact) mass is 382 g/mol. The lowest BCUT2D eigenvalue weighted by Crippen LogP contribution is -2.44. The van der Waals surface area contributed by atoms with E-state index in [0.717, 1.165) is 0 Å². The minimum Gasteiger partial charge on any atom is -0.497 e. The first kappa shape index (κ1) is 19.3. The molecule has 0 saturated heterocycles. The number of hydrogen-bond donors (Lipinski definition) is 1. The number of nitrogens with one attached hydrogen (secondary N) is 1. The van der Waals surface area contributed by atoms with Crippen molar-refractivity contribution < 1.29 is 23.8 Å². The molecule has 2 aromatic rings. The smallest absolute Gasteiger partial charge is 0.268 e. The predicted octanol–water partition coefficient (Wildman–Crippen LogP) is 3.26. The van der Waals surface area contributed by atoms with Crippen molar-refractivity contribution >= 4 is 23.2 Å². The number of hydrogen-bond acceptors (Lipinski definition) is 5. The molecule has 1 atom stereocenters. The first-order valence-electron chi connectivity index (χ1n) is 8.74. The van der Waals surface area contributed by atoms with Gasteiger partial charge in [-0.15, -0.1) is 6.58 Å². The van der Waals surface area contributed by atoms with E-state index in [1.807, 2.05) is 0 Å². The van der Waals surface area contributed by atoms with Gasteiger partial charge in [-0.1, -0.05) is 6.08 Å². The summed E-state index contributed by atoms with van der Waals surface area (Å²) < 4.78 is 16.1. The molecule has 7 nitrogen and oxygen atoms in total. The number of amides is 2. The molecule has 2 amide bonds. The molecule has 1 aliphatic heterocycles. The van der Waals surface area contributed by atoms with Gasteiger partial charge in [-0.2, -0.15) is 0 Å². The summed E-state index contributed by atoms with van der Waals surface area (Å²) in [6.45, 7) is 5.75. The van der Waals surface area contributed by atoms with Crippen LogP contribution in [0.3, 0.4) is 0 Å². The van der Waals surface area contributed by atoms with Gasteiger partial charge in [-0.05, 0) is 37.3 Å². The molecule has 7 heteroatoms. The molecule has 0 radical (unpaired) electrons. The summed E-state index contributed by atoms with van der Waals surface area (Å²) in [6.07, 6.45) is 1.07. The van der Waals surface area contributed by atoms with Gasteiger partial charge in [-0.3, -0.25) is 9.59 Å². The number of nitrogens with zero attached hydrogens (tertiary/aromatic N) is 1. The van der Waals surface area contributed by atoms with E-state index in [0.29, 0.717) is 40.7 Å². The number of ether oxygens (including phenoxy) is 3. The van der Waals surface area contributed by atoms with Crippen LogP contribution < -0.4 is 24.4 Å². The Labute approximate surface area is 163 Å². The van der Waals surface area contributed by atoms with Crippen LogP contribution in [0.2, 0.25) is 0 Å². The number of methoxy groups -OCH3 is 2. The Morgan fingerprint density at radius 2 is 1.89 bits per heavy atom. The second-order valence-corrected chi connectivity index (χ2v) is 6.24. The average molecular weight is 382 g/mol. The van der Waals surface area contributed by atoms with Gasteiger partial charge >= 0.3 is 0 Å². The first-order valence-corrected chi connectivity index (χ1v) is 8.74. The number of fused-ring (bicyclic) bond motifs is 1. The van der Waals surface area contributed by atoms with Crippen molar-refractivity contribution in [2.75, 3.05) is 31.0 Å². The molecule has 146 valence electrons. The molecular formula is C21H22N2O5. The summed E-state index contributed by atoms with van der Waals surface area (Å²) in [4.78, 5) is 26.7. The van der Waals surface area contributed by atoms with Crippen LogP contribution in [0.1, 0.15) is 17.3 Å². The molecule has 0 aromatic heterocycles. The summed E-state index contributed by atoms with van der Waals surface area (Å²) in [6, 6.07) is 10.1. The Morgan fingerprint density at radius 3 is 2.50 bits per heavy atom. The van der Waals surface area contributed by atoms with E-state index in [2.05, 4.69) is 11.9 Å². The van der Waals surface area contributed by atoms with E-state index < -0.39 is 6.10 Å². The molecule has 28 heavy (non-hydrogen) atoms.